The zero-order chi connectivity index (χ0) is 20.1. The van der Waals surface area contributed by atoms with Crippen LogP contribution in [0.1, 0.15) is 15.9 Å². The highest BCUT2D eigenvalue weighted by Crippen LogP contribution is 2.30. The number of aliphatic hydroxyl groups excluding tert-OH is 1. The number of ether oxygens (including phenoxy) is 5. The van der Waals surface area contributed by atoms with Gasteiger partial charge in [0.15, 0.2) is 6.29 Å². The molecule has 7 heteroatoms. The Kier molecular flexibility index (Phi) is 6.53. The lowest BCUT2D eigenvalue weighted by molar-refractivity contribution is -0.160. The number of carbonyl (C=O) groups is 1. The molecule has 1 N–H and O–H groups in total. The van der Waals surface area contributed by atoms with Crippen LogP contribution in [0.25, 0.3) is 0 Å². The van der Waals surface area contributed by atoms with Crippen LogP contribution in [0.2, 0.25) is 0 Å². The third-order valence-electron chi connectivity index (χ3n) is 4.96. The SMILES string of the molecule is O=C(OC[C@H]1O[C@@H](C2OCCO2)[C@@H](O)[C@@H]1OCc1ccccc1)c1ccccc1. The molecule has 0 aliphatic carbocycles. The summed E-state index contributed by atoms with van der Waals surface area (Å²) in [6, 6.07) is 18.4. The van der Waals surface area contributed by atoms with Crippen molar-refractivity contribution in [2.45, 2.75) is 37.3 Å². The summed E-state index contributed by atoms with van der Waals surface area (Å²) in [5.41, 5.74) is 1.42. The van der Waals surface area contributed by atoms with E-state index < -0.39 is 36.7 Å². The lowest BCUT2D eigenvalue weighted by Gasteiger charge is -2.22. The molecule has 0 radical (unpaired) electrons. The average Bonchev–Trinajstić information content (AvgIpc) is 3.40. The molecule has 0 aromatic heterocycles. The maximum absolute atomic E-state index is 12.3. The van der Waals surface area contributed by atoms with E-state index in [1.165, 1.54) is 0 Å². The van der Waals surface area contributed by atoms with Gasteiger partial charge in [-0.1, -0.05) is 48.5 Å². The highest BCUT2D eigenvalue weighted by Gasteiger charge is 2.50. The lowest BCUT2D eigenvalue weighted by Crippen LogP contribution is -2.41. The molecular weight excluding hydrogens is 376 g/mol. The standard InChI is InChI=1S/C22H24O7/c23-18-19(27-13-15-7-3-1-4-8-15)17(29-20(18)22-25-11-12-26-22)14-28-21(24)16-9-5-2-6-10-16/h1-10,17-20,22-23H,11-14H2/t17-,18+,19-,20-/m1/s1. The molecule has 2 fully saturated rings. The molecule has 4 atom stereocenters. The van der Waals surface area contributed by atoms with Crippen molar-refractivity contribution < 1.29 is 33.6 Å². The van der Waals surface area contributed by atoms with Crippen LogP contribution in [0.15, 0.2) is 60.7 Å². The zero-order valence-corrected chi connectivity index (χ0v) is 15.9. The summed E-state index contributed by atoms with van der Waals surface area (Å²) in [5.74, 6) is -0.456. The Balaban J connectivity index is 1.42. The molecule has 0 spiro atoms. The first-order chi connectivity index (χ1) is 14.2. The van der Waals surface area contributed by atoms with Gasteiger partial charge in [0.25, 0.3) is 0 Å². The van der Waals surface area contributed by atoms with Crippen LogP contribution in [0.4, 0.5) is 0 Å². The van der Waals surface area contributed by atoms with Crippen molar-refractivity contribution in [2.75, 3.05) is 19.8 Å². The van der Waals surface area contributed by atoms with Crippen LogP contribution >= 0.6 is 0 Å². The van der Waals surface area contributed by atoms with E-state index in [0.29, 0.717) is 25.4 Å². The molecule has 2 aliphatic rings. The van der Waals surface area contributed by atoms with Gasteiger partial charge in [-0.05, 0) is 17.7 Å². The van der Waals surface area contributed by atoms with Crippen LogP contribution in [0.5, 0.6) is 0 Å². The van der Waals surface area contributed by atoms with E-state index in [4.69, 9.17) is 23.7 Å². The Morgan fingerprint density at radius 1 is 1.00 bits per heavy atom. The van der Waals surface area contributed by atoms with E-state index in [2.05, 4.69) is 0 Å². The van der Waals surface area contributed by atoms with Crippen LogP contribution in [-0.4, -0.2) is 61.6 Å². The first kappa shape index (κ1) is 20.0. The summed E-state index contributed by atoms with van der Waals surface area (Å²) in [6.07, 6.45) is -3.67. The minimum atomic E-state index is -0.970. The molecule has 2 saturated heterocycles. The number of benzene rings is 2. The van der Waals surface area contributed by atoms with E-state index in [-0.39, 0.29) is 6.61 Å². The fourth-order valence-electron chi connectivity index (χ4n) is 3.48. The van der Waals surface area contributed by atoms with Gasteiger partial charge in [0.2, 0.25) is 0 Å². The van der Waals surface area contributed by atoms with Gasteiger partial charge in [0, 0.05) is 0 Å². The minimum absolute atomic E-state index is 0.0482. The molecule has 0 amide bonds. The van der Waals surface area contributed by atoms with Gasteiger partial charge in [-0.2, -0.15) is 0 Å². The predicted molar refractivity (Wildman–Crippen MR) is 102 cm³/mol. The molecule has 0 unspecified atom stereocenters. The Hall–Kier alpha value is -2.29. The zero-order valence-electron chi connectivity index (χ0n) is 15.9. The summed E-state index contributed by atoms with van der Waals surface area (Å²) in [7, 11) is 0. The summed E-state index contributed by atoms with van der Waals surface area (Å²) in [5, 5.41) is 10.8. The van der Waals surface area contributed by atoms with Gasteiger partial charge in [-0.3, -0.25) is 0 Å². The Morgan fingerprint density at radius 3 is 2.34 bits per heavy atom. The second-order valence-electron chi connectivity index (χ2n) is 6.97. The first-order valence-corrected chi connectivity index (χ1v) is 9.67. The summed E-state index contributed by atoms with van der Waals surface area (Å²) in [6.45, 7) is 1.14. The van der Waals surface area contributed by atoms with E-state index in [9.17, 15) is 9.90 Å². The van der Waals surface area contributed by atoms with Crippen LogP contribution in [0, 0.1) is 0 Å². The van der Waals surface area contributed by atoms with Crippen molar-refractivity contribution in [2.24, 2.45) is 0 Å². The maximum atomic E-state index is 12.3. The summed E-state index contributed by atoms with van der Waals surface area (Å²) in [4.78, 5) is 12.3. The van der Waals surface area contributed by atoms with E-state index in [0.717, 1.165) is 5.56 Å². The van der Waals surface area contributed by atoms with Crippen molar-refractivity contribution in [1.29, 1.82) is 0 Å². The van der Waals surface area contributed by atoms with E-state index >= 15 is 0 Å². The molecule has 0 saturated carbocycles. The van der Waals surface area contributed by atoms with Gasteiger partial charge in [0.1, 0.15) is 31.0 Å². The van der Waals surface area contributed by atoms with Crippen LogP contribution < -0.4 is 0 Å². The number of hydrogen-bond donors (Lipinski definition) is 1. The highest BCUT2D eigenvalue weighted by atomic mass is 16.7. The topological polar surface area (TPSA) is 83.5 Å². The van der Waals surface area contributed by atoms with Crippen LogP contribution in [0.3, 0.4) is 0 Å². The second kappa shape index (κ2) is 9.47. The van der Waals surface area contributed by atoms with Gasteiger partial charge >= 0.3 is 5.97 Å². The normalized spacial score (nSPS) is 27.2. The molecular formula is C22H24O7. The Bertz CT molecular complexity index is 776. The highest BCUT2D eigenvalue weighted by molar-refractivity contribution is 5.89. The molecule has 154 valence electrons. The molecule has 7 nitrogen and oxygen atoms in total. The number of carbonyl (C=O) groups excluding carboxylic acids is 1. The summed E-state index contributed by atoms with van der Waals surface area (Å²) >= 11 is 0. The lowest BCUT2D eigenvalue weighted by atomic mass is 10.1. The molecule has 29 heavy (non-hydrogen) atoms. The van der Waals surface area contributed by atoms with Gasteiger partial charge in [-0.15, -0.1) is 0 Å². The summed E-state index contributed by atoms with van der Waals surface area (Å²) < 4.78 is 28.3. The van der Waals surface area contributed by atoms with E-state index in [1.54, 1.807) is 24.3 Å². The minimum Gasteiger partial charge on any atom is -0.459 e. The average molecular weight is 400 g/mol. The number of hydrogen-bond acceptors (Lipinski definition) is 7. The fourth-order valence-corrected chi connectivity index (χ4v) is 3.48. The monoisotopic (exact) mass is 400 g/mol. The number of rotatable bonds is 7. The molecule has 2 heterocycles. The Morgan fingerprint density at radius 2 is 1.66 bits per heavy atom. The van der Waals surface area contributed by atoms with E-state index in [1.807, 2.05) is 36.4 Å². The molecule has 4 rings (SSSR count). The first-order valence-electron chi connectivity index (χ1n) is 9.67. The quantitative estimate of drug-likeness (QED) is 0.711. The number of aliphatic hydroxyl groups is 1. The molecule has 0 bridgehead atoms. The number of esters is 1. The predicted octanol–water partition coefficient (Wildman–Crippen LogP) is 1.93. The van der Waals surface area contributed by atoms with Crippen molar-refractivity contribution in [1.82, 2.24) is 0 Å². The van der Waals surface area contributed by atoms with Crippen molar-refractivity contribution in [3.63, 3.8) is 0 Å². The van der Waals surface area contributed by atoms with Crippen molar-refractivity contribution in [3.05, 3.63) is 71.8 Å². The van der Waals surface area contributed by atoms with Crippen molar-refractivity contribution >= 4 is 5.97 Å². The van der Waals surface area contributed by atoms with Crippen molar-refractivity contribution in [3.8, 4) is 0 Å². The molecule has 2 aromatic rings. The molecule has 2 aromatic carbocycles. The molecule has 2 aliphatic heterocycles. The maximum Gasteiger partial charge on any atom is 0.338 e. The fraction of sp³-hybridized carbons (Fsp3) is 0.409. The smallest absolute Gasteiger partial charge is 0.338 e. The van der Waals surface area contributed by atoms with Crippen LogP contribution in [-0.2, 0) is 30.3 Å². The van der Waals surface area contributed by atoms with Gasteiger partial charge in [0.05, 0.1) is 25.4 Å². The van der Waals surface area contributed by atoms with Gasteiger partial charge in [-0.25, -0.2) is 4.79 Å². The second-order valence-corrected chi connectivity index (χ2v) is 6.97. The third kappa shape index (κ3) is 4.83. The largest absolute Gasteiger partial charge is 0.459 e. The third-order valence-corrected chi connectivity index (χ3v) is 4.96. The van der Waals surface area contributed by atoms with Gasteiger partial charge < -0.3 is 28.8 Å². The Labute approximate surface area is 169 Å².